The predicted octanol–water partition coefficient (Wildman–Crippen LogP) is 4.51. The molecule has 3 aromatic heterocycles. The van der Waals surface area contributed by atoms with Gasteiger partial charge in [-0.1, -0.05) is 17.7 Å². The lowest BCUT2D eigenvalue weighted by Crippen LogP contribution is -2.33. The molecule has 1 aliphatic heterocycles. The zero-order valence-electron chi connectivity index (χ0n) is 15.4. The highest BCUT2D eigenvalue weighted by molar-refractivity contribution is 7.16. The van der Waals surface area contributed by atoms with E-state index in [-0.39, 0.29) is 11.6 Å². The Kier molecular flexibility index (Phi) is 4.15. The Morgan fingerprint density at radius 1 is 1.26 bits per heavy atom. The number of rotatable bonds is 3. The zero-order chi connectivity index (χ0) is 18.7. The van der Waals surface area contributed by atoms with Gasteiger partial charge < -0.3 is 0 Å². The first-order valence-corrected chi connectivity index (χ1v) is 10.7. The number of aromatic nitrogens is 2. The molecule has 4 heterocycles. The number of nitrogens with zero attached hydrogens (tertiary/aromatic N) is 3. The van der Waals surface area contributed by atoms with Gasteiger partial charge in [-0.15, -0.1) is 11.3 Å². The maximum Gasteiger partial charge on any atom is 0.262 e. The first kappa shape index (κ1) is 17.4. The second-order valence-corrected chi connectivity index (χ2v) is 9.63. The van der Waals surface area contributed by atoms with E-state index in [9.17, 15) is 4.79 Å². The average Bonchev–Trinajstić information content (AvgIpc) is 3.19. The van der Waals surface area contributed by atoms with Crippen molar-refractivity contribution in [2.75, 3.05) is 13.1 Å². The summed E-state index contributed by atoms with van der Waals surface area (Å²) in [4.78, 5) is 21.7. The Labute approximate surface area is 167 Å². The molecule has 1 aliphatic carbocycles. The summed E-state index contributed by atoms with van der Waals surface area (Å²) in [6.45, 7) is 6.23. The van der Waals surface area contributed by atoms with Crippen molar-refractivity contribution in [3.8, 4) is 0 Å². The lowest BCUT2D eigenvalue weighted by molar-refractivity contribution is 0.194. The first-order valence-electron chi connectivity index (χ1n) is 9.50. The SMILES string of the molecule is Cc1nc2ccccn2c(=O)c1C(C)N1CC2CC(c3ccc(Cl)s3)C2C1. The van der Waals surface area contributed by atoms with Crippen LogP contribution in [0.25, 0.3) is 5.65 Å². The van der Waals surface area contributed by atoms with Gasteiger partial charge in [0.1, 0.15) is 5.65 Å². The smallest absolute Gasteiger partial charge is 0.262 e. The fourth-order valence-electron chi connectivity index (χ4n) is 4.99. The molecular weight excluding hydrogens is 378 g/mol. The summed E-state index contributed by atoms with van der Waals surface area (Å²) in [5.74, 6) is 2.04. The molecule has 5 rings (SSSR count). The summed E-state index contributed by atoms with van der Waals surface area (Å²) < 4.78 is 2.54. The summed E-state index contributed by atoms with van der Waals surface area (Å²) in [6.07, 6.45) is 3.04. The molecule has 4 nitrogen and oxygen atoms in total. The Morgan fingerprint density at radius 2 is 2.11 bits per heavy atom. The van der Waals surface area contributed by atoms with Crippen LogP contribution < -0.4 is 5.56 Å². The average molecular weight is 400 g/mol. The minimum Gasteiger partial charge on any atom is -0.296 e. The van der Waals surface area contributed by atoms with E-state index >= 15 is 0 Å². The number of hydrogen-bond donors (Lipinski definition) is 0. The standard InChI is InChI=1S/C21H22ClN3OS/c1-12-20(21(26)25-8-4-3-5-19(25)23-12)13(2)24-10-14-9-15(16(14)11-24)17-6-7-18(22)27-17/h3-8,13-16H,9-11H2,1-2H3. The number of hydrogen-bond acceptors (Lipinski definition) is 4. The van der Waals surface area contributed by atoms with Crippen molar-refractivity contribution in [3.63, 3.8) is 0 Å². The van der Waals surface area contributed by atoms with Crippen LogP contribution in [-0.4, -0.2) is 27.4 Å². The van der Waals surface area contributed by atoms with Crippen LogP contribution in [0.1, 0.15) is 41.4 Å². The van der Waals surface area contributed by atoms with Crippen molar-refractivity contribution < 1.29 is 0 Å². The van der Waals surface area contributed by atoms with Gasteiger partial charge in [-0.05, 0) is 62.3 Å². The highest BCUT2D eigenvalue weighted by atomic mass is 35.5. The lowest BCUT2D eigenvalue weighted by Gasteiger charge is -2.39. The molecule has 2 fully saturated rings. The topological polar surface area (TPSA) is 37.6 Å². The van der Waals surface area contributed by atoms with E-state index in [0.29, 0.717) is 17.5 Å². The van der Waals surface area contributed by atoms with E-state index < -0.39 is 0 Å². The molecule has 27 heavy (non-hydrogen) atoms. The summed E-state index contributed by atoms with van der Waals surface area (Å²) in [5, 5.41) is 0. The molecular formula is C21H22ClN3OS. The normalized spacial score (nSPS) is 26.1. The fourth-order valence-corrected chi connectivity index (χ4v) is 6.24. The maximum absolute atomic E-state index is 13.1. The van der Waals surface area contributed by atoms with Crippen LogP contribution in [0.5, 0.6) is 0 Å². The van der Waals surface area contributed by atoms with Crippen LogP contribution in [0.4, 0.5) is 0 Å². The first-order chi connectivity index (χ1) is 13.0. The second kappa shape index (κ2) is 6.43. The Balaban J connectivity index is 1.42. The van der Waals surface area contributed by atoms with Crippen LogP contribution in [0.3, 0.4) is 0 Å². The van der Waals surface area contributed by atoms with Gasteiger partial charge >= 0.3 is 0 Å². The summed E-state index contributed by atoms with van der Waals surface area (Å²) in [6, 6.07) is 9.96. The van der Waals surface area contributed by atoms with Crippen LogP contribution in [0.15, 0.2) is 41.3 Å². The Hall–Kier alpha value is -1.69. The van der Waals surface area contributed by atoms with E-state index in [1.165, 1.54) is 11.3 Å². The molecule has 0 radical (unpaired) electrons. The zero-order valence-corrected chi connectivity index (χ0v) is 17.0. The van der Waals surface area contributed by atoms with Gasteiger partial charge in [-0.3, -0.25) is 14.1 Å². The third-order valence-corrected chi connectivity index (χ3v) is 7.84. The molecule has 0 N–H and O–H groups in total. The fraction of sp³-hybridized carbons (Fsp3) is 0.429. The van der Waals surface area contributed by atoms with Crippen molar-refractivity contribution >= 4 is 28.6 Å². The molecule has 2 aliphatic rings. The molecule has 0 bridgehead atoms. The van der Waals surface area contributed by atoms with Crippen LogP contribution in [0, 0.1) is 18.8 Å². The number of aryl methyl sites for hydroxylation is 1. The minimum atomic E-state index is 0.0615. The summed E-state index contributed by atoms with van der Waals surface area (Å²) >= 11 is 7.85. The lowest BCUT2D eigenvalue weighted by atomic mass is 9.66. The van der Waals surface area contributed by atoms with Crippen LogP contribution >= 0.6 is 22.9 Å². The summed E-state index contributed by atoms with van der Waals surface area (Å²) in [7, 11) is 0. The van der Waals surface area contributed by atoms with Crippen LogP contribution in [-0.2, 0) is 0 Å². The van der Waals surface area contributed by atoms with Gasteiger partial charge in [0.25, 0.3) is 5.56 Å². The summed E-state index contributed by atoms with van der Waals surface area (Å²) in [5.41, 5.74) is 2.45. The maximum atomic E-state index is 13.1. The third kappa shape index (κ3) is 2.75. The number of likely N-dealkylation sites (tertiary alicyclic amines) is 1. The highest BCUT2D eigenvalue weighted by Gasteiger charge is 2.49. The molecule has 1 saturated carbocycles. The van der Waals surface area contributed by atoms with Gasteiger partial charge in [0.15, 0.2) is 0 Å². The molecule has 3 aromatic rings. The monoisotopic (exact) mass is 399 g/mol. The van der Waals surface area contributed by atoms with Crippen molar-refractivity contribution in [3.05, 3.63) is 67.4 Å². The van der Waals surface area contributed by atoms with Crippen molar-refractivity contribution in [2.45, 2.75) is 32.2 Å². The van der Waals surface area contributed by atoms with E-state index in [1.54, 1.807) is 15.7 Å². The number of halogens is 1. The van der Waals surface area contributed by atoms with Crippen molar-refractivity contribution in [1.82, 2.24) is 14.3 Å². The van der Waals surface area contributed by atoms with E-state index in [4.69, 9.17) is 11.6 Å². The number of fused-ring (bicyclic) bond motifs is 2. The molecule has 0 aromatic carbocycles. The van der Waals surface area contributed by atoms with E-state index in [2.05, 4.69) is 22.9 Å². The van der Waals surface area contributed by atoms with Gasteiger partial charge in [-0.2, -0.15) is 0 Å². The molecule has 0 amide bonds. The molecule has 1 saturated heterocycles. The predicted molar refractivity (Wildman–Crippen MR) is 110 cm³/mol. The second-order valence-electron chi connectivity index (χ2n) is 7.88. The Bertz CT molecular complexity index is 1070. The third-order valence-electron chi connectivity index (χ3n) is 6.48. The molecule has 4 unspecified atom stereocenters. The largest absolute Gasteiger partial charge is 0.296 e. The highest BCUT2D eigenvalue weighted by Crippen LogP contribution is 2.54. The van der Waals surface area contributed by atoms with Crippen LogP contribution in [0.2, 0.25) is 4.34 Å². The van der Waals surface area contributed by atoms with Gasteiger partial charge in [0.2, 0.25) is 0 Å². The number of thiophene rings is 1. The van der Waals surface area contributed by atoms with Crippen molar-refractivity contribution in [1.29, 1.82) is 0 Å². The number of pyridine rings is 1. The van der Waals surface area contributed by atoms with Gasteiger partial charge in [-0.25, -0.2) is 4.98 Å². The molecule has 0 spiro atoms. The Morgan fingerprint density at radius 3 is 2.89 bits per heavy atom. The molecule has 6 heteroatoms. The molecule has 4 atom stereocenters. The molecule has 140 valence electrons. The van der Waals surface area contributed by atoms with E-state index in [1.807, 2.05) is 37.4 Å². The van der Waals surface area contributed by atoms with Crippen molar-refractivity contribution in [2.24, 2.45) is 11.8 Å². The van der Waals surface area contributed by atoms with Gasteiger partial charge in [0, 0.05) is 30.2 Å². The quantitative estimate of drug-likeness (QED) is 0.650. The van der Waals surface area contributed by atoms with E-state index in [0.717, 1.165) is 34.6 Å². The van der Waals surface area contributed by atoms with Gasteiger partial charge in [0.05, 0.1) is 15.6 Å². The minimum absolute atomic E-state index is 0.0615.